The number of unbranched alkanes of at least 4 members (excludes halogenated alkanes) is 5. The Hall–Kier alpha value is -0.950. The summed E-state index contributed by atoms with van der Waals surface area (Å²) in [6.07, 6.45) is 10.9. The van der Waals surface area contributed by atoms with Crippen LogP contribution in [-0.4, -0.2) is 48.8 Å². The van der Waals surface area contributed by atoms with Crippen molar-refractivity contribution < 1.29 is 23.5 Å². The first-order valence-corrected chi connectivity index (χ1v) is 13.0. The van der Waals surface area contributed by atoms with Gasteiger partial charge in [-0.05, 0) is 50.3 Å². The number of ether oxygens (including phenoxy) is 4. The summed E-state index contributed by atoms with van der Waals surface area (Å²) in [5.74, 6) is 2.45. The Labute approximate surface area is 186 Å². The molecule has 2 unspecified atom stereocenters. The van der Waals surface area contributed by atoms with Gasteiger partial charge in [-0.3, -0.25) is 0 Å². The van der Waals surface area contributed by atoms with Crippen LogP contribution >= 0.6 is 0 Å². The van der Waals surface area contributed by atoms with Gasteiger partial charge in [0.1, 0.15) is 11.0 Å². The predicted molar refractivity (Wildman–Crippen MR) is 123 cm³/mol. The molecule has 0 aromatic heterocycles. The van der Waals surface area contributed by atoms with Crippen molar-refractivity contribution in [2.75, 3.05) is 39.0 Å². The fraction of sp³-hybridized carbons (Fsp3) is 0.750. The molecular weight excluding hydrogens is 400 g/mol. The minimum atomic E-state index is -0.743. The first-order valence-electron chi connectivity index (χ1n) is 11.6. The van der Waals surface area contributed by atoms with Gasteiger partial charge < -0.3 is 23.5 Å². The Kier molecular flexibility index (Phi) is 13.3. The van der Waals surface area contributed by atoms with Crippen molar-refractivity contribution >= 4 is 11.2 Å². The molecular formula is C24H40O5S. The zero-order valence-electron chi connectivity index (χ0n) is 18.9. The highest BCUT2D eigenvalue weighted by Crippen LogP contribution is 2.33. The fourth-order valence-electron chi connectivity index (χ4n) is 3.01. The van der Waals surface area contributed by atoms with Crippen molar-refractivity contribution in [3.8, 4) is 11.5 Å². The Morgan fingerprint density at radius 3 is 2.07 bits per heavy atom. The second-order valence-corrected chi connectivity index (χ2v) is 9.96. The molecule has 0 amide bonds. The number of hydrogen-bond acceptors (Lipinski definition) is 5. The fourth-order valence-corrected chi connectivity index (χ4v) is 4.28. The van der Waals surface area contributed by atoms with E-state index < -0.39 is 11.2 Å². The van der Waals surface area contributed by atoms with E-state index >= 15 is 0 Å². The maximum Gasteiger partial charge on any atom is 0.231 e. The minimum Gasteiger partial charge on any atom is -0.616 e. The summed E-state index contributed by atoms with van der Waals surface area (Å²) in [6, 6.07) is 6.01. The summed E-state index contributed by atoms with van der Waals surface area (Å²) in [5, 5.41) is 0.191. The molecule has 4 rings (SSSR count). The van der Waals surface area contributed by atoms with Crippen molar-refractivity contribution in [3.63, 3.8) is 0 Å². The zero-order chi connectivity index (χ0) is 21.4. The van der Waals surface area contributed by atoms with E-state index in [0.29, 0.717) is 6.79 Å². The van der Waals surface area contributed by atoms with E-state index in [0.717, 1.165) is 56.5 Å². The quantitative estimate of drug-likeness (QED) is 0.366. The highest BCUT2D eigenvalue weighted by atomic mass is 32.2. The molecule has 0 spiro atoms. The van der Waals surface area contributed by atoms with Crippen LogP contribution in [0, 0.1) is 0 Å². The van der Waals surface area contributed by atoms with Crippen LogP contribution in [0.1, 0.15) is 70.8 Å². The van der Waals surface area contributed by atoms with E-state index in [9.17, 15) is 4.55 Å². The molecule has 6 heteroatoms. The van der Waals surface area contributed by atoms with Crippen LogP contribution < -0.4 is 9.47 Å². The predicted octanol–water partition coefficient (Wildman–Crippen LogP) is 5.27. The van der Waals surface area contributed by atoms with Gasteiger partial charge in [0.15, 0.2) is 11.5 Å². The van der Waals surface area contributed by atoms with Crippen LogP contribution in [0.2, 0.25) is 0 Å². The van der Waals surface area contributed by atoms with Crippen molar-refractivity contribution in [2.45, 2.75) is 76.9 Å². The lowest BCUT2D eigenvalue weighted by molar-refractivity contribution is 0.0366. The first-order chi connectivity index (χ1) is 14.7. The maximum absolute atomic E-state index is 12.3. The largest absolute Gasteiger partial charge is 0.616 e. The van der Waals surface area contributed by atoms with E-state index in [2.05, 4.69) is 13.8 Å². The van der Waals surface area contributed by atoms with E-state index in [-0.39, 0.29) is 5.25 Å². The van der Waals surface area contributed by atoms with Gasteiger partial charge in [-0.15, -0.1) is 0 Å². The second-order valence-electron chi connectivity index (χ2n) is 7.99. The van der Waals surface area contributed by atoms with Gasteiger partial charge in [-0.25, -0.2) is 0 Å². The van der Waals surface area contributed by atoms with E-state index in [1.807, 2.05) is 18.2 Å². The Morgan fingerprint density at radius 2 is 1.47 bits per heavy atom. The molecule has 0 N–H and O–H groups in total. The highest BCUT2D eigenvalue weighted by Gasteiger charge is 2.19. The summed E-state index contributed by atoms with van der Waals surface area (Å²) in [4.78, 5) is 0. The molecule has 1 aromatic carbocycles. The van der Waals surface area contributed by atoms with Gasteiger partial charge in [0.05, 0.1) is 0 Å². The average Bonchev–Trinajstić information content (AvgIpc) is 3.09. The van der Waals surface area contributed by atoms with Crippen LogP contribution in [0.5, 0.6) is 11.5 Å². The molecule has 0 saturated carbocycles. The molecule has 5 nitrogen and oxygen atoms in total. The molecule has 1 aromatic rings. The Balaban J connectivity index is 0.000000329. The molecule has 0 bridgehead atoms. The third-order valence-corrected chi connectivity index (χ3v) is 7.02. The lowest BCUT2D eigenvalue weighted by Crippen LogP contribution is -2.23. The molecule has 3 aliphatic rings. The molecule has 3 heterocycles. The Morgan fingerprint density at radius 1 is 0.900 bits per heavy atom. The maximum atomic E-state index is 12.3. The van der Waals surface area contributed by atoms with Crippen LogP contribution in [0.3, 0.4) is 0 Å². The Bertz CT molecular complexity index is 545. The third kappa shape index (κ3) is 10.4. The molecule has 2 atom stereocenters. The summed E-state index contributed by atoms with van der Waals surface area (Å²) in [7, 11) is 0. The molecule has 0 aliphatic carbocycles. The lowest BCUT2D eigenvalue weighted by atomic mass is 10.1. The van der Waals surface area contributed by atoms with Crippen LogP contribution in [0.25, 0.3) is 0 Å². The van der Waals surface area contributed by atoms with Crippen LogP contribution in [0.15, 0.2) is 18.2 Å². The SMILES string of the molecule is C1COC1.C1COC1.CCCCCCCC[S+]([O-])C(C)Cc1ccc2c(c1)OCO2. The van der Waals surface area contributed by atoms with Crippen molar-refractivity contribution in [1.82, 2.24) is 0 Å². The smallest absolute Gasteiger partial charge is 0.231 e. The van der Waals surface area contributed by atoms with Crippen molar-refractivity contribution in [3.05, 3.63) is 23.8 Å². The minimum absolute atomic E-state index is 0.191. The van der Waals surface area contributed by atoms with Gasteiger partial charge >= 0.3 is 0 Å². The van der Waals surface area contributed by atoms with E-state index in [4.69, 9.17) is 18.9 Å². The van der Waals surface area contributed by atoms with Gasteiger partial charge in [0.2, 0.25) is 6.79 Å². The second kappa shape index (κ2) is 15.8. The van der Waals surface area contributed by atoms with Crippen LogP contribution in [-0.2, 0) is 27.1 Å². The monoisotopic (exact) mass is 440 g/mol. The first kappa shape index (κ1) is 25.3. The van der Waals surface area contributed by atoms with Crippen molar-refractivity contribution in [2.24, 2.45) is 0 Å². The molecule has 30 heavy (non-hydrogen) atoms. The van der Waals surface area contributed by atoms with Gasteiger partial charge in [-0.1, -0.05) is 49.8 Å². The van der Waals surface area contributed by atoms with Gasteiger partial charge in [0.25, 0.3) is 0 Å². The summed E-state index contributed by atoms with van der Waals surface area (Å²) in [6.45, 7) is 8.61. The third-order valence-electron chi connectivity index (χ3n) is 5.26. The standard InChI is InChI=1S/C18H28O3S.2C3H6O/c1-3-4-5-6-7-8-11-22(19)15(2)12-16-9-10-17-18(13-16)21-14-20-17;2*1-2-4-3-1/h9-10,13,15H,3-8,11-12,14H2,1-2H3;2*1-3H2. The molecule has 0 radical (unpaired) electrons. The number of rotatable bonds is 10. The van der Waals surface area contributed by atoms with Crippen LogP contribution in [0.4, 0.5) is 0 Å². The summed E-state index contributed by atoms with van der Waals surface area (Å²) >= 11 is -0.743. The zero-order valence-corrected chi connectivity index (χ0v) is 19.7. The number of hydrogen-bond donors (Lipinski definition) is 0. The molecule has 172 valence electrons. The molecule has 2 fully saturated rings. The summed E-state index contributed by atoms with van der Waals surface area (Å²) in [5.41, 5.74) is 1.17. The van der Waals surface area contributed by atoms with E-state index in [1.54, 1.807) is 0 Å². The summed E-state index contributed by atoms with van der Waals surface area (Å²) < 4.78 is 32.5. The molecule has 2 saturated heterocycles. The normalized spacial score (nSPS) is 18.0. The van der Waals surface area contributed by atoms with Gasteiger partial charge in [-0.2, -0.15) is 0 Å². The number of fused-ring (bicyclic) bond motifs is 1. The van der Waals surface area contributed by atoms with Crippen molar-refractivity contribution in [1.29, 1.82) is 0 Å². The highest BCUT2D eigenvalue weighted by molar-refractivity contribution is 7.91. The lowest BCUT2D eigenvalue weighted by Gasteiger charge is -2.18. The topological polar surface area (TPSA) is 60.0 Å². The van der Waals surface area contributed by atoms with E-state index in [1.165, 1.54) is 50.5 Å². The molecule has 3 aliphatic heterocycles. The average molecular weight is 441 g/mol. The van der Waals surface area contributed by atoms with Gasteiger partial charge in [0, 0.05) is 32.8 Å². The number of benzene rings is 1.